The number of benzene rings is 1. The lowest BCUT2D eigenvalue weighted by Crippen LogP contribution is -2.08. The number of hydrogen-bond donors (Lipinski definition) is 3. The maximum atomic E-state index is 14.0. The van der Waals surface area contributed by atoms with Crippen LogP contribution in [0.15, 0.2) is 30.3 Å². The normalized spacial score (nSPS) is 10.2. The highest BCUT2D eigenvalue weighted by Gasteiger charge is 2.16. The monoisotopic (exact) mass is 289 g/mol. The van der Waals surface area contributed by atoms with Gasteiger partial charge in [-0.15, -0.1) is 0 Å². The molecule has 1 heterocycles. The molecule has 1 aromatic heterocycles. The van der Waals surface area contributed by atoms with Gasteiger partial charge in [-0.2, -0.15) is 0 Å². The van der Waals surface area contributed by atoms with Gasteiger partial charge < -0.3 is 16.2 Å². The van der Waals surface area contributed by atoms with E-state index in [2.05, 4.69) is 10.3 Å². The third-order valence-electron chi connectivity index (χ3n) is 2.66. The minimum absolute atomic E-state index is 0.145. The molecule has 0 aliphatic carbocycles. The van der Waals surface area contributed by atoms with Crippen LogP contribution in [0.5, 0.6) is 0 Å². The quantitative estimate of drug-likeness (QED) is 0.802. The SMILES string of the molecule is CC(=O)Nc1cccc(-c2nc(C(=O)O)c(N)cc2F)c1. The number of carboxylic acids is 1. The molecule has 2 aromatic rings. The molecule has 1 amide bonds. The lowest BCUT2D eigenvalue weighted by atomic mass is 10.1. The number of rotatable bonds is 3. The average molecular weight is 289 g/mol. The van der Waals surface area contributed by atoms with Crippen molar-refractivity contribution in [1.29, 1.82) is 0 Å². The maximum Gasteiger partial charge on any atom is 0.356 e. The highest BCUT2D eigenvalue weighted by atomic mass is 19.1. The zero-order valence-corrected chi connectivity index (χ0v) is 11.1. The van der Waals surface area contributed by atoms with Gasteiger partial charge in [0.15, 0.2) is 11.5 Å². The van der Waals surface area contributed by atoms with Crippen LogP contribution in [0, 0.1) is 5.82 Å². The molecule has 0 aliphatic heterocycles. The van der Waals surface area contributed by atoms with Crippen molar-refractivity contribution in [3.63, 3.8) is 0 Å². The molecule has 4 N–H and O–H groups in total. The van der Waals surface area contributed by atoms with Crippen LogP contribution in [0.2, 0.25) is 0 Å². The average Bonchev–Trinajstić information content (AvgIpc) is 2.37. The number of anilines is 2. The highest BCUT2D eigenvalue weighted by molar-refractivity contribution is 5.92. The number of hydrogen-bond acceptors (Lipinski definition) is 4. The Hall–Kier alpha value is -2.96. The summed E-state index contributed by atoms with van der Waals surface area (Å²) in [4.78, 5) is 25.8. The Morgan fingerprint density at radius 2 is 2.05 bits per heavy atom. The summed E-state index contributed by atoms with van der Waals surface area (Å²) in [5.41, 5.74) is 5.40. The Balaban J connectivity index is 2.53. The Morgan fingerprint density at radius 1 is 1.33 bits per heavy atom. The molecule has 0 fully saturated rings. The van der Waals surface area contributed by atoms with Crippen molar-refractivity contribution in [1.82, 2.24) is 4.98 Å². The predicted octanol–water partition coefficient (Wildman–Crippen LogP) is 2.13. The molecule has 108 valence electrons. The van der Waals surface area contributed by atoms with Crippen molar-refractivity contribution in [3.05, 3.63) is 41.8 Å². The van der Waals surface area contributed by atoms with Gasteiger partial charge in [0.2, 0.25) is 5.91 Å². The number of aromatic carboxylic acids is 1. The van der Waals surface area contributed by atoms with E-state index in [4.69, 9.17) is 10.8 Å². The first-order chi connectivity index (χ1) is 9.88. The minimum Gasteiger partial charge on any atom is -0.476 e. The number of nitrogen functional groups attached to an aromatic ring is 1. The molecule has 7 heteroatoms. The fourth-order valence-corrected chi connectivity index (χ4v) is 1.82. The van der Waals surface area contributed by atoms with Gasteiger partial charge >= 0.3 is 5.97 Å². The smallest absolute Gasteiger partial charge is 0.356 e. The van der Waals surface area contributed by atoms with Crippen LogP contribution in [0.4, 0.5) is 15.8 Å². The lowest BCUT2D eigenvalue weighted by molar-refractivity contribution is -0.114. The fourth-order valence-electron chi connectivity index (χ4n) is 1.82. The molecule has 6 nitrogen and oxygen atoms in total. The molecule has 0 radical (unpaired) electrons. The second kappa shape index (κ2) is 5.58. The van der Waals surface area contributed by atoms with E-state index in [9.17, 15) is 14.0 Å². The number of carboxylic acid groups (broad SMARTS) is 1. The Bertz CT molecular complexity index is 731. The molecule has 0 saturated carbocycles. The topological polar surface area (TPSA) is 105 Å². The summed E-state index contributed by atoms with van der Waals surface area (Å²) in [6.45, 7) is 1.34. The number of amides is 1. The number of nitrogens with two attached hydrogens (primary N) is 1. The molecule has 0 atom stereocenters. The van der Waals surface area contributed by atoms with Crippen LogP contribution < -0.4 is 11.1 Å². The van der Waals surface area contributed by atoms with Crippen LogP contribution in [0.1, 0.15) is 17.4 Å². The van der Waals surface area contributed by atoms with E-state index in [1.54, 1.807) is 18.2 Å². The summed E-state index contributed by atoms with van der Waals surface area (Å²) in [5.74, 6) is -2.35. The molecule has 0 saturated heterocycles. The van der Waals surface area contributed by atoms with E-state index < -0.39 is 17.5 Å². The molecule has 21 heavy (non-hydrogen) atoms. The number of nitrogens with zero attached hydrogens (tertiary/aromatic N) is 1. The van der Waals surface area contributed by atoms with Gasteiger partial charge in [0, 0.05) is 24.2 Å². The van der Waals surface area contributed by atoms with Gasteiger partial charge in [0.25, 0.3) is 0 Å². The number of halogens is 1. The van der Waals surface area contributed by atoms with Crippen molar-refractivity contribution in [3.8, 4) is 11.3 Å². The summed E-state index contributed by atoms with van der Waals surface area (Å²) in [6, 6.07) is 7.18. The summed E-state index contributed by atoms with van der Waals surface area (Å²) in [5, 5.41) is 11.5. The van der Waals surface area contributed by atoms with Gasteiger partial charge in [-0.3, -0.25) is 4.79 Å². The van der Waals surface area contributed by atoms with Gasteiger partial charge in [0.1, 0.15) is 5.69 Å². The molecular weight excluding hydrogens is 277 g/mol. The maximum absolute atomic E-state index is 14.0. The number of pyridine rings is 1. The molecule has 2 rings (SSSR count). The Kier molecular flexibility index (Phi) is 3.84. The predicted molar refractivity (Wildman–Crippen MR) is 75.3 cm³/mol. The Morgan fingerprint density at radius 3 is 2.67 bits per heavy atom. The van der Waals surface area contributed by atoms with Crippen LogP contribution in [0.3, 0.4) is 0 Å². The first-order valence-electron chi connectivity index (χ1n) is 5.96. The fraction of sp³-hybridized carbons (Fsp3) is 0.0714. The summed E-state index contributed by atoms with van der Waals surface area (Å²) in [7, 11) is 0. The van der Waals surface area contributed by atoms with Gasteiger partial charge in [-0.05, 0) is 12.1 Å². The number of aromatic nitrogens is 1. The number of nitrogens with one attached hydrogen (secondary N) is 1. The Labute approximate surface area is 119 Å². The van der Waals surface area contributed by atoms with Crippen molar-refractivity contribution in [2.75, 3.05) is 11.1 Å². The van der Waals surface area contributed by atoms with E-state index in [1.165, 1.54) is 13.0 Å². The van der Waals surface area contributed by atoms with Crippen molar-refractivity contribution >= 4 is 23.3 Å². The third kappa shape index (κ3) is 3.14. The van der Waals surface area contributed by atoms with Crippen molar-refractivity contribution < 1.29 is 19.1 Å². The number of carbonyl (C=O) groups excluding carboxylic acids is 1. The highest BCUT2D eigenvalue weighted by Crippen LogP contribution is 2.26. The first-order valence-corrected chi connectivity index (χ1v) is 5.96. The summed E-state index contributed by atoms with van der Waals surface area (Å²) < 4.78 is 14.0. The molecule has 0 bridgehead atoms. The zero-order valence-electron chi connectivity index (χ0n) is 11.1. The van der Waals surface area contributed by atoms with Gasteiger partial charge in [-0.1, -0.05) is 12.1 Å². The second-order valence-electron chi connectivity index (χ2n) is 4.32. The summed E-state index contributed by atoms with van der Waals surface area (Å²) in [6.07, 6.45) is 0. The van der Waals surface area contributed by atoms with Gasteiger partial charge in [-0.25, -0.2) is 14.2 Å². The van der Waals surface area contributed by atoms with E-state index in [0.29, 0.717) is 11.3 Å². The molecule has 0 unspecified atom stereocenters. The van der Waals surface area contributed by atoms with Crippen LogP contribution in [0.25, 0.3) is 11.3 Å². The standard InChI is InChI=1S/C14H12FN3O3/c1-7(19)17-9-4-2-3-8(5-9)12-10(15)6-11(16)13(18-12)14(20)21/h2-6H,16H2,1H3,(H,17,19)(H,20,21). The van der Waals surface area contributed by atoms with Crippen molar-refractivity contribution in [2.24, 2.45) is 0 Å². The van der Waals surface area contributed by atoms with Crippen LogP contribution in [-0.4, -0.2) is 22.0 Å². The van der Waals surface area contributed by atoms with Gasteiger partial charge in [0.05, 0.1) is 5.69 Å². The van der Waals surface area contributed by atoms with Crippen LogP contribution >= 0.6 is 0 Å². The lowest BCUT2D eigenvalue weighted by Gasteiger charge is -2.08. The van der Waals surface area contributed by atoms with E-state index in [0.717, 1.165) is 6.07 Å². The minimum atomic E-state index is -1.34. The molecule has 1 aromatic carbocycles. The van der Waals surface area contributed by atoms with E-state index in [1.807, 2.05) is 0 Å². The molecular formula is C14H12FN3O3. The first kappa shape index (κ1) is 14.4. The van der Waals surface area contributed by atoms with Crippen molar-refractivity contribution in [2.45, 2.75) is 6.92 Å². The van der Waals surface area contributed by atoms with E-state index in [-0.39, 0.29) is 17.3 Å². The van der Waals surface area contributed by atoms with E-state index >= 15 is 0 Å². The van der Waals surface area contributed by atoms with Crippen LogP contribution in [-0.2, 0) is 4.79 Å². The second-order valence-corrected chi connectivity index (χ2v) is 4.32. The zero-order chi connectivity index (χ0) is 15.6. The number of carbonyl (C=O) groups is 2. The largest absolute Gasteiger partial charge is 0.476 e. The summed E-state index contributed by atoms with van der Waals surface area (Å²) >= 11 is 0. The molecule has 0 spiro atoms. The third-order valence-corrected chi connectivity index (χ3v) is 2.66. The molecule has 0 aliphatic rings.